The van der Waals surface area contributed by atoms with Crippen LogP contribution in [0.15, 0.2) is 66.7 Å². The van der Waals surface area contributed by atoms with Crippen molar-refractivity contribution in [3.8, 4) is 5.75 Å². The highest BCUT2D eigenvalue weighted by atomic mass is 16.6. The van der Waals surface area contributed by atoms with E-state index in [1.165, 1.54) is 6.07 Å². The molecule has 3 aliphatic heterocycles. The molecular weight excluding hydrogens is 470 g/mol. The lowest BCUT2D eigenvalue weighted by atomic mass is 9.68. The lowest BCUT2D eigenvalue weighted by Crippen LogP contribution is -2.52. The Kier molecular flexibility index (Phi) is 5.38. The summed E-state index contributed by atoms with van der Waals surface area (Å²) >= 11 is 0. The largest absolute Gasteiger partial charge is 0.497 e. The van der Waals surface area contributed by atoms with Crippen LogP contribution in [0.3, 0.4) is 0 Å². The number of non-ortho nitro benzene ring substituents is 1. The van der Waals surface area contributed by atoms with E-state index in [2.05, 4.69) is 10.2 Å². The van der Waals surface area contributed by atoms with Crippen LogP contribution >= 0.6 is 0 Å². The average molecular weight is 498 g/mol. The number of aryl methyl sites for hydroxylation is 1. The van der Waals surface area contributed by atoms with Crippen molar-refractivity contribution in [2.75, 3.05) is 19.0 Å². The van der Waals surface area contributed by atoms with Crippen LogP contribution in [-0.4, -0.2) is 41.2 Å². The summed E-state index contributed by atoms with van der Waals surface area (Å²) in [6.07, 6.45) is 1.66. The minimum atomic E-state index is -1.25. The van der Waals surface area contributed by atoms with E-state index in [1.807, 2.05) is 37.3 Å². The molecule has 4 atom stereocenters. The number of rotatable bonds is 5. The van der Waals surface area contributed by atoms with Gasteiger partial charge in [-0.1, -0.05) is 42.0 Å². The van der Waals surface area contributed by atoms with Crippen molar-refractivity contribution in [3.05, 3.63) is 99.1 Å². The van der Waals surface area contributed by atoms with Crippen LogP contribution in [0.1, 0.15) is 45.8 Å². The zero-order valence-corrected chi connectivity index (χ0v) is 20.6. The molecule has 2 saturated heterocycles. The highest BCUT2D eigenvalue weighted by molar-refractivity contribution is 6.12. The summed E-state index contributed by atoms with van der Waals surface area (Å²) in [6, 6.07) is 19.3. The van der Waals surface area contributed by atoms with Gasteiger partial charge in [-0.2, -0.15) is 0 Å². The van der Waals surface area contributed by atoms with Crippen molar-refractivity contribution in [1.29, 1.82) is 0 Å². The van der Waals surface area contributed by atoms with Gasteiger partial charge in [0.15, 0.2) is 5.78 Å². The molecule has 1 spiro atoms. The lowest BCUT2D eigenvalue weighted by Gasteiger charge is -2.37. The van der Waals surface area contributed by atoms with Crippen LogP contribution < -0.4 is 10.1 Å². The Hall–Kier alpha value is -4.04. The van der Waals surface area contributed by atoms with Gasteiger partial charge in [-0.15, -0.1) is 0 Å². The average Bonchev–Trinajstić information content (AvgIpc) is 3.57. The maximum absolute atomic E-state index is 14.5. The molecule has 3 aromatic carbocycles. The van der Waals surface area contributed by atoms with Crippen LogP contribution in [-0.2, 0) is 10.3 Å². The van der Waals surface area contributed by atoms with Crippen molar-refractivity contribution in [3.63, 3.8) is 0 Å². The number of anilines is 1. The fraction of sp³-hybridized carbons (Fsp3) is 0.310. The Balaban J connectivity index is 1.62. The molecule has 3 aromatic rings. The van der Waals surface area contributed by atoms with Crippen molar-refractivity contribution in [2.45, 2.75) is 37.3 Å². The number of methoxy groups -OCH3 is 1. The molecule has 3 heterocycles. The highest BCUT2D eigenvalue weighted by Gasteiger charge is 2.69. The summed E-state index contributed by atoms with van der Waals surface area (Å²) < 4.78 is 5.52. The summed E-state index contributed by atoms with van der Waals surface area (Å²) in [6.45, 7) is 2.61. The number of Topliss-reactive ketones (excluding diaryl/α,β-unsaturated/α-hetero) is 1. The Morgan fingerprint density at radius 3 is 2.65 bits per heavy atom. The van der Waals surface area contributed by atoms with E-state index in [0.29, 0.717) is 29.1 Å². The maximum atomic E-state index is 14.5. The second-order valence-electron chi connectivity index (χ2n) is 10.1. The van der Waals surface area contributed by atoms with Gasteiger partial charge in [0.1, 0.15) is 11.3 Å². The van der Waals surface area contributed by atoms with Gasteiger partial charge in [-0.05, 0) is 50.1 Å². The first-order chi connectivity index (χ1) is 17.9. The fourth-order valence-electron chi connectivity index (χ4n) is 6.78. The smallest absolute Gasteiger partial charge is 0.269 e. The summed E-state index contributed by atoms with van der Waals surface area (Å²) in [4.78, 5) is 42.0. The van der Waals surface area contributed by atoms with Gasteiger partial charge in [-0.25, -0.2) is 0 Å². The molecule has 0 aromatic heterocycles. The van der Waals surface area contributed by atoms with Gasteiger partial charge in [-0.3, -0.25) is 24.6 Å². The minimum Gasteiger partial charge on any atom is -0.497 e. The Bertz CT molecular complexity index is 1440. The second kappa shape index (κ2) is 8.52. The number of nitro groups is 1. The number of ketones is 1. The molecule has 8 heteroatoms. The predicted octanol–water partition coefficient (Wildman–Crippen LogP) is 4.82. The monoisotopic (exact) mass is 497 g/mol. The molecule has 0 saturated carbocycles. The van der Waals surface area contributed by atoms with Crippen molar-refractivity contribution in [1.82, 2.24) is 4.90 Å². The van der Waals surface area contributed by atoms with Gasteiger partial charge in [0.25, 0.3) is 5.69 Å². The second-order valence-corrected chi connectivity index (χ2v) is 10.1. The molecule has 3 aliphatic rings. The number of benzene rings is 3. The zero-order chi connectivity index (χ0) is 25.9. The standard InChI is InChI=1S/C29H27N3O5/c1-17-8-10-18(11-9-17)27(33)26-25(19-5-3-6-20(15-19)32(35)36)24-7-4-14-31(24)29(26)22-16-21(37-2)12-13-23(22)30-28(29)34/h3,5-6,8-13,15-16,24-26H,4,7,14H2,1-2H3,(H,30,34)/t24?,25?,26?,29-/m1/s1. The normalized spacial score (nSPS) is 26.1. The highest BCUT2D eigenvalue weighted by Crippen LogP contribution is 2.61. The number of nitro benzene ring substituents is 1. The first kappa shape index (κ1) is 23.4. The molecule has 1 N–H and O–H groups in total. The van der Waals surface area contributed by atoms with E-state index in [1.54, 1.807) is 37.4 Å². The Morgan fingerprint density at radius 1 is 1.14 bits per heavy atom. The fourth-order valence-corrected chi connectivity index (χ4v) is 6.78. The molecule has 6 rings (SSSR count). The topological polar surface area (TPSA) is 102 Å². The van der Waals surface area contributed by atoms with E-state index in [-0.39, 0.29) is 23.4 Å². The number of hydrogen-bond donors (Lipinski definition) is 1. The van der Waals surface area contributed by atoms with E-state index >= 15 is 0 Å². The van der Waals surface area contributed by atoms with E-state index in [4.69, 9.17) is 4.74 Å². The molecule has 3 unspecified atom stereocenters. The first-order valence-corrected chi connectivity index (χ1v) is 12.5. The summed E-state index contributed by atoms with van der Waals surface area (Å²) in [5.74, 6) is -0.960. The third-order valence-corrected chi connectivity index (χ3v) is 8.29. The number of hydrogen-bond acceptors (Lipinski definition) is 6. The lowest BCUT2D eigenvalue weighted by molar-refractivity contribution is -0.384. The molecule has 37 heavy (non-hydrogen) atoms. The van der Waals surface area contributed by atoms with Crippen molar-refractivity contribution in [2.24, 2.45) is 5.92 Å². The van der Waals surface area contributed by atoms with Gasteiger partial charge in [0.2, 0.25) is 5.91 Å². The van der Waals surface area contributed by atoms with Gasteiger partial charge in [0.05, 0.1) is 18.0 Å². The van der Waals surface area contributed by atoms with E-state index in [0.717, 1.165) is 24.0 Å². The number of carbonyl (C=O) groups excluding carboxylic acids is 2. The predicted molar refractivity (Wildman–Crippen MR) is 138 cm³/mol. The molecule has 0 radical (unpaired) electrons. The van der Waals surface area contributed by atoms with E-state index in [9.17, 15) is 19.7 Å². The molecule has 0 bridgehead atoms. The van der Waals surface area contributed by atoms with Crippen LogP contribution in [0.4, 0.5) is 11.4 Å². The van der Waals surface area contributed by atoms with Crippen LogP contribution in [0, 0.1) is 23.0 Å². The van der Waals surface area contributed by atoms with Gasteiger partial charge in [0, 0.05) is 40.9 Å². The first-order valence-electron chi connectivity index (χ1n) is 12.5. The SMILES string of the molecule is COc1ccc2c(c1)[C@]1(C(=O)N2)C(C(=O)c2ccc(C)cc2)C(c2cccc([N+](=O)[O-])c2)C2CCCN21. The Labute approximate surface area is 214 Å². The Morgan fingerprint density at radius 2 is 1.92 bits per heavy atom. The minimum absolute atomic E-state index is 0.0255. The molecule has 8 nitrogen and oxygen atoms in total. The van der Waals surface area contributed by atoms with Crippen LogP contribution in [0.25, 0.3) is 0 Å². The van der Waals surface area contributed by atoms with E-state index < -0.39 is 22.3 Å². The number of amides is 1. The zero-order valence-electron chi connectivity index (χ0n) is 20.6. The van der Waals surface area contributed by atoms with Crippen molar-refractivity contribution >= 4 is 23.1 Å². The number of nitrogens with one attached hydrogen (secondary N) is 1. The number of ether oxygens (including phenoxy) is 1. The quantitative estimate of drug-likeness (QED) is 0.308. The number of carbonyl (C=O) groups is 2. The summed E-state index contributed by atoms with van der Waals surface area (Å²) in [5, 5.41) is 14.7. The molecule has 2 fully saturated rings. The summed E-state index contributed by atoms with van der Waals surface area (Å²) in [5.41, 5.74) is 2.38. The number of fused-ring (bicyclic) bond motifs is 4. The molecule has 1 amide bonds. The molecule has 188 valence electrons. The van der Waals surface area contributed by atoms with Crippen molar-refractivity contribution < 1.29 is 19.2 Å². The maximum Gasteiger partial charge on any atom is 0.269 e. The third-order valence-electron chi connectivity index (χ3n) is 8.29. The van der Waals surface area contributed by atoms with Gasteiger partial charge < -0.3 is 10.1 Å². The number of nitrogens with zero attached hydrogens (tertiary/aromatic N) is 2. The molecular formula is C29H27N3O5. The van der Waals surface area contributed by atoms with Gasteiger partial charge >= 0.3 is 0 Å². The summed E-state index contributed by atoms with van der Waals surface area (Å²) in [7, 11) is 1.58. The van der Waals surface area contributed by atoms with Crippen LogP contribution in [0.2, 0.25) is 0 Å². The van der Waals surface area contributed by atoms with Crippen LogP contribution in [0.5, 0.6) is 5.75 Å². The molecule has 0 aliphatic carbocycles. The third kappa shape index (κ3) is 3.32.